The summed E-state index contributed by atoms with van der Waals surface area (Å²) in [6.45, 7) is 12.1. The van der Waals surface area contributed by atoms with Crippen LogP contribution in [0.5, 0.6) is 0 Å². The van der Waals surface area contributed by atoms with Gasteiger partial charge in [0.1, 0.15) is 0 Å². The van der Waals surface area contributed by atoms with E-state index in [1.54, 1.807) is 20.8 Å². The van der Waals surface area contributed by atoms with Gasteiger partial charge in [0.05, 0.1) is 0 Å². The quantitative estimate of drug-likeness (QED) is 0.259. The molecule has 1 rings (SSSR count). The van der Waals surface area contributed by atoms with E-state index >= 15 is 0 Å². The molecule has 0 aliphatic rings. The Labute approximate surface area is 189 Å². The molecule has 0 aliphatic carbocycles. The molecule has 0 spiro atoms. The molecule has 0 aromatic heterocycles. The average molecular weight is 551 g/mol. The second kappa shape index (κ2) is 12.3. The van der Waals surface area contributed by atoms with Crippen molar-refractivity contribution < 1.29 is 8.42 Å². The van der Waals surface area contributed by atoms with Gasteiger partial charge in [-0.15, -0.1) is 0 Å². The summed E-state index contributed by atoms with van der Waals surface area (Å²) in [7, 11) is -3.44. The predicted octanol–water partition coefficient (Wildman–Crippen LogP) is 7.49. The minimum absolute atomic E-state index is 0.0320. The zero-order valence-corrected chi connectivity index (χ0v) is 23.8. The Morgan fingerprint density at radius 2 is 1.31 bits per heavy atom. The van der Waals surface area contributed by atoms with E-state index in [2.05, 4.69) is 25.5 Å². The first-order valence-electron chi connectivity index (χ1n) is 11.3. The van der Waals surface area contributed by atoms with Crippen molar-refractivity contribution >= 4 is 40.0 Å². The molecule has 0 fully saturated rings. The van der Waals surface area contributed by atoms with Crippen LogP contribution in [0.2, 0.25) is 18.3 Å². The maximum atomic E-state index is 13.3. The van der Waals surface area contributed by atoms with Crippen molar-refractivity contribution in [2.45, 2.75) is 102 Å². The number of nitrogens with one attached hydrogen (secondary N) is 1. The van der Waals surface area contributed by atoms with E-state index in [0.29, 0.717) is 5.02 Å². The van der Waals surface area contributed by atoms with Gasteiger partial charge in [-0.25, -0.2) is 0 Å². The van der Waals surface area contributed by atoms with Crippen molar-refractivity contribution in [2.24, 2.45) is 0 Å². The van der Waals surface area contributed by atoms with E-state index in [4.69, 9.17) is 11.6 Å². The Morgan fingerprint density at radius 3 is 1.66 bits per heavy atom. The number of halogens is 1. The van der Waals surface area contributed by atoms with E-state index in [0.717, 1.165) is 24.8 Å². The maximum absolute atomic E-state index is 13.3. The van der Waals surface area contributed by atoms with Crippen molar-refractivity contribution in [3.05, 3.63) is 34.9 Å². The monoisotopic (exact) mass is 551 g/mol. The molecule has 0 unspecified atom stereocenters. The summed E-state index contributed by atoms with van der Waals surface area (Å²) in [5.41, 5.74) is 1.11. The Kier molecular flexibility index (Phi) is 11.6. The van der Waals surface area contributed by atoms with E-state index in [9.17, 15) is 8.42 Å². The van der Waals surface area contributed by atoms with Gasteiger partial charge in [-0.05, 0) is 0 Å². The van der Waals surface area contributed by atoms with Gasteiger partial charge in [-0.1, -0.05) is 0 Å². The van der Waals surface area contributed by atoms with Crippen molar-refractivity contribution in [3.8, 4) is 0 Å². The second-order valence-electron chi connectivity index (χ2n) is 9.39. The van der Waals surface area contributed by atoms with Gasteiger partial charge in [0.2, 0.25) is 0 Å². The number of hydrogen-bond acceptors (Lipinski definition) is 2. The molecule has 0 amide bonds. The van der Waals surface area contributed by atoms with Crippen LogP contribution in [0.1, 0.15) is 89.7 Å². The van der Waals surface area contributed by atoms with Crippen LogP contribution in [0.3, 0.4) is 0 Å². The molecule has 29 heavy (non-hydrogen) atoms. The SMILES string of the molecule is CCC[CH2][Sn]([CH2]CCC)([CH2]CCC)[C@@H](NS(=O)(=O)C(C)(C)C)c1ccc(Cl)cc1. The summed E-state index contributed by atoms with van der Waals surface area (Å²) < 4.78 is 32.7. The number of benzene rings is 1. The first-order valence-corrected chi connectivity index (χ1v) is 20.9. The normalized spacial score (nSPS) is 14.2. The van der Waals surface area contributed by atoms with Crippen LogP contribution >= 0.6 is 11.6 Å². The van der Waals surface area contributed by atoms with E-state index < -0.39 is 33.1 Å². The summed E-state index contributed by atoms with van der Waals surface area (Å²) in [6, 6.07) is 7.91. The Balaban J connectivity index is 3.55. The summed E-state index contributed by atoms with van der Waals surface area (Å²) in [5, 5.41) is 0.697. The van der Waals surface area contributed by atoms with Crippen LogP contribution in [-0.2, 0) is 10.0 Å². The number of hydrogen-bond donors (Lipinski definition) is 1. The molecule has 1 aromatic carbocycles. The molecule has 0 saturated heterocycles. The summed E-state index contributed by atoms with van der Waals surface area (Å²) in [5.74, 6) is 0. The molecule has 0 aliphatic heterocycles. The fraction of sp³-hybridized carbons (Fsp3) is 0.739. The van der Waals surface area contributed by atoms with Gasteiger partial charge in [0.15, 0.2) is 0 Å². The molecule has 3 nitrogen and oxygen atoms in total. The van der Waals surface area contributed by atoms with Crippen LogP contribution in [0, 0.1) is 0 Å². The molecule has 1 N–H and O–H groups in total. The van der Waals surface area contributed by atoms with Crippen molar-refractivity contribution in [1.29, 1.82) is 0 Å². The molecule has 1 atom stereocenters. The fourth-order valence-corrected chi connectivity index (χ4v) is 24.8. The zero-order valence-electron chi connectivity index (χ0n) is 19.4. The van der Waals surface area contributed by atoms with Gasteiger partial charge in [0.25, 0.3) is 0 Å². The van der Waals surface area contributed by atoms with Crippen LogP contribution in [0.15, 0.2) is 24.3 Å². The molecule has 168 valence electrons. The first-order chi connectivity index (χ1) is 13.5. The van der Waals surface area contributed by atoms with Gasteiger partial charge in [-0.2, -0.15) is 0 Å². The van der Waals surface area contributed by atoms with Crippen LogP contribution in [0.4, 0.5) is 0 Å². The minimum atomic E-state index is -3.44. The van der Waals surface area contributed by atoms with Gasteiger partial charge in [0, 0.05) is 0 Å². The zero-order chi connectivity index (χ0) is 22.1. The van der Waals surface area contributed by atoms with Crippen LogP contribution < -0.4 is 4.72 Å². The predicted molar refractivity (Wildman–Crippen MR) is 131 cm³/mol. The van der Waals surface area contributed by atoms with Crippen molar-refractivity contribution in [2.75, 3.05) is 0 Å². The van der Waals surface area contributed by atoms with E-state index in [1.165, 1.54) is 32.6 Å². The average Bonchev–Trinajstić information content (AvgIpc) is 2.66. The van der Waals surface area contributed by atoms with Crippen molar-refractivity contribution in [1.82, 2.24) is 4.72 Å². The molecule has 0 bridgehead atoms. The summed E-state index contributed by atoms with van der Waals surface area (Å²) >= 11 is 3.24. The number of sulfonamides is 1. The number of unbranched alkanes of at least 4 members (excludes halogenated alkanes) is 3. The topological polar surface area (TPSA) is 46.2 Å². The Morgan fingerprint density at radius 1 is 0.897 bits per heavy atom. The molecular weight excluding hydrogens is 508 g/mol. The molecule has 0 saturated carbocycles. The first kappa shape index (κ1) is 27.3. The molecule has 1 aromatic rings. The Bertz CT molecular complexity index is 677. The molecule has 6 heteroatoms. The summed E-state index contributed by atoms with van der Waals surface area (Å²) in [6.07, 6.45) is 7.09. The van der Waals surface area contributed by atoms with Gasteiger partial charge >= 0.3 is 190 Å². The standard InChI is InChI=1S/C11H15ClNO2S.3C4H9.Sn/c1-11(2,3)16(14,15)13-8-9-4-6-10(12)7-5-9;3*1-3-4-2;/h4-8,13H,1-3H3;3*1,3-4H2,2H3;. The van der Waals surface area contributed by atoms with E-state index in [-0.39, 0.29) is 4.06 Å². The molecule has 0 heterocycles. The van der Waals surface area contributed by atoms with Crippen LogP contribution in [0.25, 0.3) is 0 Å². The second-order valence-corrected chi connectivity index (χ2v) is 26.0. The van der Waals surface area contributed by atoms with Crippen LogP contribution in [-0.4, -0.2) is 31.5 Å². The van der Waals surface area contributed by atoms with Gasteiger partial charge < -0.3 is 0 Å². The van der Waals surface area contributed by atoms with Gasteiger partial charge in [-0.3, -0.25) is 0 Å². The third kappa shape index (κ3) is 8.01. The number of rotatable bonds is 13. The molecular formula is C23H42ClNO2SSn. The van der Waals surface area contributed by atoms with Crippen molar-refractivity contribution in [3.63, 3.8) is 0 Å². The Hall–Kier alpha value is 0.219. The third-order valence-electron chi connectivity index (χ3n) is 5.98. The summed E-state index contributed by atoms with van der Waals surface area (Å²) in [4.78, 5) is 0. The third-order valence-corrected chi connectivity index (χ3v) is 25.4. The fourth-order valence-electron chi connectivity index (χ4n) is 3.93. The molecule has 0 radical (unpaired) electrons. The van der Waals surface area contributed by atoms with E-state index in [1.807, 2.05) is 24.3 Å².